The van der Waals surface area contributed by atoms with Gasteiger partial charge in [-0.05, 0) is 6.07 Å². The molecule has 2 rings (SSSR count). The number of pyridine rings is 1. The zero-order chi connectivity index (χ0) is 10.5. The molecule has 15 heavy (non-hydrogen) atoms. The van der Waals surface area contributed by atoms with Crippen molar-refractivity contribution in [3.05, 3.63) is 18.5 Å². The summed E-state index contributed by atoms with van der Waals surface area (Å²) < 4.78 is 5.27. The van der Waals surface area contributed by atoms with Crippen LogP contribution in [0.15, 0.2) is 18.5 Å². The number of aromatic nitrogens is 1. The molecule has 1 aliphatic heterocycles. The first-order valence-electron chi connectivity index (χ1n) is 4.88. The third kappa shape index (κ3) is 2.24. The number of nitrogens with one attached hydrogen (secondary N) is 1. The van der Waals surface area contributed by atoms with Crippen LogP contribution in [0.2, 0.25) is 0 Å². The fourth-order valence-corrected chi connectivity index (χ4v) is 1.64. The van der Waals surface area contributed by atoms with Crippen molar-refractivity contribution in [2.75, 3.05) is 36.5 Å². The molecule has 0 unspecified atom stereocenters. The first-order chi connectivity index (χ1) is 7.42. The average Bonchev–Trinajstić information content (AvgIpc) is 2.31. The first kappa shape index (κ1) is 9.92. The minimum Gasteiger partial charge on any atom is -0.378 e. The van der Waals surface area contributed by atoms with Gasteiger partial charge in [0.1, 0.15) is 0 Å². The summed E-state index contributed by atoms with van der Waals surface area (Å²) in [6, 6.07) is 1.90. The highest BCUT2D eigenvalue weighted by Gasteiger charge is 2.14. The maximum absolute atomic E-state index is 10.4. The Morgan fingerprint density at radius 2 is 2.27 bits per heavy atom. The topological polar surface area (TPSA) is 54.5 Å². The Hall–Kier alpha value is -1.62. The largest absolute Gasteiger partial charge is 0.378 e. The maximum atomic E-state index is 10.4. The molecule has 0 spiro atoms. The second kappa shape index (κ2) is 4.75. The van der Waals surface area contributed by atoms with E-state index in [1.807, 2.05) is 6.07 Å². The van der Waals surface area contributed by atoms with Crippen LogP contribution in [-0.2, 0) is 9.53 Å². The molecule has 0 saturated carbocycles. The van der Waals surface area contributed by atoms with Crippen molar-refractivity contribution >= 4 is 17.8 Å². The number of morpholine rings is 1. The summed E-state index contributed by atoms with van der Waals surface area (Å²) in [5, 5.41) is 2.65. The van der Waals surface area contributed by atoms with Gasteiger partial charge in [-0.1, -0.05) is 0 Å². The van der Waals surface area contributed by atoms with Gasteiger partial charge in [0.15, 0.2) is 0 Å². The number of nitrogens with zero attached hydrogens (tertiary/aromatic N) is 2. The van der Waals surface area contributed by atoms with Crippen LogP contribution in [0.3, 0.4) is 0 Å². The van der Waals surface area contributed by atoms with Crippen molar-refractivity contribution in [1.29, 1.82) is 0 Å². The van der Waals surface area contributed by atoms with E-state index in [2.05, 4.69) is 15.2 Å². The highest BCUT2D eigenvalue weighted by molar-refractivity contribution is 5.80. The van der Waals surface area contributed by atoms with Crippen LogP contribution < -0.4 is 10.2 Å². The monoisotopic (exact) mass is 207 g/mol. The van der Waals surface area contributed by atoms with E-state index in [1.165, 1.54) is 0 Å². The standard InChI is InChI=1S/C10H13N3O2/c14-8-12-9-7-11-2-1-10(9)13-3-5-15-6-4-13/h1-2,7-8H,3-6H2,(H,12,14). The van der Waals surface area contributed by atoms with Crippen LogP contribution in [0.4, 0.5) is 11.4 Å². The Bertz CT molecular complexity index is 337. The smallest absolute Gasteiger partial charge is 0.211 e. The van der Waals surface area contributed by atoms with Crippen LogP contribution in [0.5, 0.6) is 0 Å². The van der Waals surface area contributed by atoms with Gasteiger partial charge >= 0.3 is 0 Å². The zero-order valence-corrected chi connectivity index (χ0v) is 8.35. The van der Waals surface area contributed by atoms with Crippen molar-refractivity contribution in [2.45, 2.75) is 0 Å². The molecule has 1 fully saturated rings. The number of amides is 1. The fourth-order valence-electron chi connectivity index (χ4n) is 1.64. The number of carbonyl (C=O) groups is 1. The van der Waals surface area contributed by atoms with Crippen molar-refractivity contribution < 1.29 is 9.53 Å². The molecule has 1 aromatic heterocycles. The van der Waals surface area contributed by atoms with Gasteiger partial charge in [0.25, 0.3) is 0 Å². The first-order valence-corrected chi connectivity index (χ1v) is 4.88. The van der Waals surface area contributed by atoms with Crippen LogP contribution >= 0.6 is 0 Å². The highest BCUT2D eigenvalue weighted by atomic mass is 16.5. The number of carbonyl (C=O) groups excluding carboxylic acids is 1. The number of ether oxygens (including phenoxy) is 1. The molecule has 0 aromatic carbocycles. The fraction of sp³-hybridized carbons (Fsp3) is 0.400. The molecule has 1 N–H and O–H groups in total. The third-order valence-electron chi connectivity index (χ3n) is 2.36. The minimum absolute atomic E-state index is 0.668. The van der Waals surface area contributed by atoms with Gasteiger partial charge < -0.3 is 15.0 Å². The molecular weight excluding hydrogens is 194 g/mol. The summed E-state index contributed by atoms with van der Waals surface area (Å²) in [7, 11) is 0. The van der Waals surface area contributed by atoms with Crippen molar-refractivity contribution in [1.82, 2.24) is 4.98 Å². The lowest BCUT2D eigenvalue weighted by atomic mass is 10.3. The number of rotatable bonds is 3. The molecule has 1 aliphatic rings. The summed E-state index contributed by atoms with van der Waals surface area (Å²) >= 11 is 0. The maximum Gasteiger partial charge on any atom is 0.211 e. The minimum atomic E-state index is 0.668. The summed E-state index contributed by atoms with van der Waals surface area (Å²) in [5.74, 6) is 0. The molecule has 1 amide bonds. The second-order valence-electron chi connectivity index (χ2n) is 3.25. The van der Waals surface area contributed by atoms with Gasteiger partial charge in [-0.25, -0.2) is 0 Å². The number of hydrogen-bond donors (Lipinski definition) is 1. The number of anilines is 2. The Balaban J connectivity index is 2.20. The quantitative estimate of drug-likeness (QED) is 0.733. The molecule has 2 heterocycles. The van der Waals surface area contributed by atoms with E-state index in [9.17, 15) is 4.79 Å². The lowest BCUT2D eigenvalue weighted by molar-refractivity contribution is -0.105. The Kier molecular flexibility index (Phi) is 3.14. The highest BCUT2D eigenvalue weighted by Crippen LogP contribution is 2.24. The molecule has 1 saturated heterocycles. The number of hydrogen-bond acceptors (Lipinski definition) is 4. The van der Waals surface area contributed by atoms with Crippen molar-refractivity contribution in [2.24, 2.45) is 0 Å². The molecular formula is C10H13N3O2. The predicted molar refractivity (Wildman–Crippen MR) is 57.0 cm³/mol. The van der Waals surface area contributed by atoms with Gasteiger partial charge in [0.05, 0.1) is 30.8 Å². The summed E-state index contributed by atoms with van der Waals surface area (Å²) in [5.41, 5.74) is 1.75. The van der Waals surface area contributed by atoms with E-state index >= 15 is 0 Å². The van der Waals surface area contributed by atoms with Crippen molar-refractivity contribution in [3.8, 4) is 0 Å². The average molecular weight is 207 g/mol. The Labute approximate surface area is 88.1 Å². The van der Waals surface area contributed by atoms with Gasteiger partial charge in [-0.2, -0.15) is 0 Å². The zero-order valence-electron chi connectivity index (χ0n) is 8.35. The van der Waals surface area contributed by atoms with E-state index in [1.54, 1.807) is 12.4 Å². The van der Waals surface area contributed by atoms with Gasteiger partial charge in [-0.3, -0.25) is 9.78 Å². The van der Waals surface area contributed by atoms with Gasteiger partial charge in [-0.15, -0.1) is 0 Å². The van der Waals surface area contributed by atoms with E-state index in [4.69, 9.17) is 4.74 Å². The SMILES string of the molecule is O=CNc1cnccc1N1CCOCC1. The van der Waals surface area contributed by atoms with Crippen LogP contribution in [0.25, 0.3) is 0 Å². The summed E-state index contributed by atoms with van der Waals surface area (Å²) in [6.07, 6.45) is 4.04. The van der Waals surface area contributed by atoms with E-state index < -0.39 is 0 Å². The molecule has 0 radical (unpaired) electrons. The summed E-state index contributed by atoms with van der Waals surface area (Å²) in [6.45, 7) is 3.14. The normalized spacial score (nSPS) is 16.1. The molecule has 0 bridgehead atoms. The Morgan fingerprint density at radius 3 is 3.00 bits per heavy atom. The molecule has 1 aromatic rings. The van der Waals surface area contributed by atoms with Crippen molar-refractivity contribution in [3.63, 3.8) is 0 Å². The van der Waals surface area contributed by atoms with Crippen LogP contribution in [0, 0.1) is 0 Å². The molecule has 0 aliphatic carbocycles. The van der Waals surface area contributed by atoms with Crippen LogP contribution in [-0.4, -0.2) is 37.7 Å². The van der Waals surface area contributed by atoms with Gasteiger partial charge in [0, 0.05) is 19.3 Å². The molecule has 5 heteroatoms. The molecule has 80 valence electrons. The lowest BCUT2D eigenvalue weighted by Gasteiger charge is -2.29. The molecule has 0 atom stereocenters. The summed E-state index contributed by atoms with van der Waals surface area (Å²) in [4.78, 5) is 16.6. The second-order valence-corrected chi connectivity index (χ2v) is 3.25. The van der Waals surface area contributed by atoms with Gasteiger partial charge in [0.2, 0.25) is 6.41 Å². The Morgan fingerprint density at radius 1 is 1.47 bits per heavy atom. The predicted octanol–water partition coefficient (Wildman–Crippen LogP) is 0.486. The van der Waals surface area contributed by atoms with E-state index in [0.29, 0.717) is 6.41 Å². The van der Waals surface area contributed by atoms with E-state index in [0.717, 1.165) is 37.7 Å². The third-order valence-corrected chi connectivity index (χ3v) is 2.36. The lowest BCUT2D eigenvalue weighted by Crippen LogP contribution is -2.36. The molecule has 5 nitrogen and oxygen atoms in total. The van der Waals surface area contributed by atoms with Crippen LogP contribution in [0.1, 0.15) is 0 Å². The van der Waals surface area contributed by atoms with E-state index in [-0.39, 0.29) is 0 Å².